The molecule has 2 heterocycles. The maximum atomic E-state index is 8.85. The molecule has 0 saturated heterocycles. The molecule has 0 spiro atoms. The van der Waals surface area contributed by atoms with E-state index in [9.17, 15) is 0 Å². The molecule has 0 atom stereocenters. The minimum Gasteiger partial charge on any atom is -0.395 e. The Bertz CT molecular complexity index is 573. The minimum absolute atomic E-state index is 0.365. The second-order valence-electron chi connectivity index (χ2n) is 3.33. The van der Waals surface area contributed by atoms with Gasteiger partial charge in [-0.1, -0.05) is 0 Å². The summed E-state index contributed by atoms with van der Waals surface area (Å²) in [6.07, 6.45) is 4.99. The fourth-order valence-corrected chi connectivity index (χ4v) is 1.87. The maximum Gasteiger partial charge on any atom is 0.193 e. The van der Waals surface area contributed by atoms with E-state index >= 15 is 0 Å². The zero-order chi connectivity index (χ0) is 12.3. The SMILES string of the molecule is Cc1cnc(Sc2nccc(C#N)c2N)nc1. The first-order chi connectivity index (χ1) is 8.20. The van der Waals surface area contributed by atoms with Gasteiger partial charge in [-0.25, -0.2) is 15.0 Å². The van der Waals surface area contributed by atoms with E-state index < -0.39 is 0 Å². The van der Waals surface area contributed by atoms with Gasteiger partial charge in [-0.05, 0) is 30.3 Å². The van der Waals surface area contributed by atoms with Gasteiger partial charge >= 0.3 is 0 Å². The maximum absolute atomic E-state index is 8.85. The van der Waals surface area contributed by atoms with Crippen molar-refractivity contribution < 1.29 is 0 Å². The lowest BCUT2D eigenvalue weighted by atomic mass is 10.2. The molecular weight excluding hydrogens is 234 g/mol. The highest BCUT2D eigenvalue weighted by Crippen LogP contribution is 2.28. The lowest BCUT2D eigenvalue weighted by Gasteiger charge is -2.04. The van der Waals surface area contributed by atoms with Crippen LogP contribution in [0, 0.1) is 18.3 Å². The molecule has 0 unspecified atom stereocenters. The van der Waals surface area contributed by atoms with E-state index in [0.29, 0.717) is 21.4 Å². The monoisotopic (exact) mass is 243 g/mol. The number of nitrogens with two attached hydrogens (primary N) is 1. The van der Waals surface area contributed by atoms with Crippen LogP contribution in [0.2, 0.25) is 0 Å². The smallest absolute Gasteiger partial charge is 0.193 e. The van der Waals surface area contributed by atoms with E-state index in [2.05, 4.69) is 15.0 Å². The summed E-state index contributed by atoms with van der Waals surface area (Å²) in [5, 5.41) is 9.96. The van der Waals surface area contributed by atoms with Gasteiger partial charge in [0.1, 0.15) is 11.1 Å². The molecule has 17 heavy (non-hydrogen) atoms. The van der Waals surface area contributed by atoms with E-state index in [4.69, 9.17) is 11.0 Å². The Labute approximate surface area is 103 Å². The summed E-state index contributed by atoms with van der Waals surface area (Å²) >= 11 is 1.24. The molecule has 0 amide bonds. The highest BCUT2D eigenvalue weighted by atomic mass is 32.2. The van der Waals surface area contributed by atoms with Crippen LogP contribution >= 0.6 is 11.8 Å². The summed E-state index contributed by atoms with van der Waals surface area (Å²) in [6.45, 7) is 1.91. The highest BCUT2D eigenvalue weighted by molar-refractivity contribution is 7.99. The van der Waals surface area contributed by atoms with Gasteiger partial charge in [-0.15, -0.1) is 0 Å². The zero-order valence-electron chi connectivity index (χ0n) is 9.08. The molecule has 0 radical (unpaired) electrons. The lowest BCUT2D eigenvalue weighted by Crippen LogP contribution is -1.96. The van der Waals surface area contributed by atoms with Crippen molar-refractivity contribution in [2.75, 3.05) is 5.73 Å². The molecule has 0 saturated carbocycles. The Morgan fingerprint density at radius 3 is 2.65 bits per heavy atom. The number of nitriles is 1. The summed E-state index contributed by atoms with van der Waals surface area (Å²) in [4.78, 5) is 12.4. The first kappa shape index (κ1) is 11.4. The number of nitrogen functional groups attached to an aromatic ring is 1. The van der Waals surface area contributed by atoms with E-state index in [-0.39, 0.29) is 0 Å². The van der Waals surface area contributed by atoms with Crippen LogP contribution in [0.4, 0.5) is 5.69 Å². The van der Waals surface area contributed by atoms with Crippen LogP contribution < -0.4 is 5.73 Å². The van der Waals surface area contributed by atoms with Crippen LogP contribution in [0.3, 0.4) is 0 Å². The fourth-order valence-electron chi connectivity index (χ4n) is 1.15. The number of hydrogen-bond donors (Lipinski definition) is 1. The Morgan fingerprint density at radius 1 is 1.29 bits per heavy atom. The quantitative estimate of drug-likeness (QED) is 0.809. The molecule has 2 aromatic rings. The number of nitrogens with zero attached hydrogens (tertiary/aromatic N) is 4. The third kappa shape index (κ3) is 2.52. The van der Waals surface area contributed by atoms with Gasteiger partial charge in [-0.3, -0.25) is 0 Å². The van der Waals surface area contributed by atoms with E-state index in [0.717, 1.165) is 5.56 Å². The molecule has 0 bridgehead atoms. The van der Waals surface area contributed by atoms with E-state index in [1.807, 2.05) is 13.0 Å². The number of aryl methyl sites for hydroxylation is 1. The van der Waals surface area contributed by atoms with Gasteiger partial charge in [0, 0.05) is 18.6 Å². The van der Waals surface area contributed by atoms with Crippen molar-refractivity contribution in [2.24, 2.45) is 0 Å². The Morgan fingerprint density at radius 2 is 2.00 bits per heavy atom. The normalized spacial score (nSPS) is 9.88. The van der Waals surface area contributed by atoms with Crippen LogP contribution in [0.1, 0.15) is 11.1 Å². The standard InChI is InChI=1S/C11H9N5S/c1-7-5-15-11(16-6-7)17-10-9(13)8(4-12)2-3-14-10/h2-3,5-6H,13H2,1H3. The predicted octanol–water partition coefficient (Wildman–Crippen LogP) is 1.79. The molecule has 84 valence electrons. The first-order valence-corrected chi connectivity index (χ1v) is 5.63. The molecule has 5 nitrogen and oxygen atoms in total. The third-order valence-corrected chi connectivity index (χ3v) is 2.93. The molecule has 0 fully saturated rings. The van der Waals surface area contributed by atoms with Gasteiger partial charge in [0.05, 0.1) is 11.3 Å². The number of anilines is 1. The molecule has 0 aliphatic carbocycles. The molecule has 2 aromatic heterocycles. The molecule has 2 rings (SSSR count). The van der Waals surface area contributed by atoms with Crippen molar-refractivity contribution in [1.29, 1.82) is 5.26 Å². The number of pyridine rings is 1. The van der Waals surface area contributed by atoms with Gasteiger partial charge < -0.3 is 5.73 Å². The zero-order valence-corrected chi connectivity index (χ0v) is 9.90. The second-order valence-corrected chi connectivity index (χ2v) is 4.29. The van der Waals surface area contributed by atoms with Crippen molar-refractivity contribution in [3.63, 3.8) is 0 Å². The fraction of sp³-hybridized carbons (Fsp3) is 0.0909. The number of rotatable bonds is 2. The molecule has 2 N–H and O–H groups in total. The van der Waals surface area contributed by atoms with Gasteiger partial charge in [0.25, 0.3) is 0 Å². The van der Waals surface area contributed by atoms with Crippen molar-refractivity contribution >= 4 is 17.4 Å². The van der Waals surface area contributed by atoms with E-state index in [1.165, 1.54) is 11.8 Å². The van der Waals surface area contributed by atoms with Crippen LogP contribution in [0.15, 0.2) is 34.8 Å². The van der Waals surface area contributed by atoms with Crippen molar-refractivity contribution in [2.45, 2.75) is 17.1 Å². The van der Waals surface area contributed by atoms with Crippen LogP contribution in [0.5, 0.6) is 0 Å². The highest BCUT2D eigenvalue weighted by Gasteiger charge is 2.09. The van der Waals surface area contributed by atoms with Crippen LogP contribution in [-0.2, 0) is 0 Å². The Hall–Kier alpha value is -2.13. The molecule has 0 aliphatic rings. The minimum atomic E-state index is 0.365. The van der Waals surface area contributed by atoms with Crippen LogP contribution in [0.25, 0.3) is 0 Å². The third-order valence-electron chi connectivity index (χ3n) is 2.02. The predicted molar refractivity (Wildman–Crippen MR) is 64.3 cm³/mol. The van der Waals surface area contributed by atoms with Gasteiger partial charge in [0.15, 0.2) is 5.16 Å². The summed E-state index contributed by atoms with van der Waals surface area (Å²) in [6, 6.07) is 3.59. The largest absolute Gasteiger partial charge is 0.395 e. The van der Waals surface area contributed by atoms with Crippen LogP contribution in [-0.4, -0.2) is 15.0 Å². The van der Waals surface area contributed by atoms with Gasteiger partial charge in [0.2, 0.25) is 0 Å². The summed E-state index contributed by atoms with van der Waals surface area (Å²) in [5.41, 5.74) is 7.57. The van der Waals surface area contributed by atoms with Crippen molar-refractivity contribution in [3.8, 4) is 6.07 Å². The summed E-state index contributed by atoms with van der Waals surface area (Å²) in [5.74, 6) is 0. The second kappa shape index (κ2) is 4.80. The van der Waals surface area contributed by atoms with Gasteiger partial charge in [-0.2, -0.15) is 5.26 Å². The lowest BCUT2D eigenvalue weighted by molar-refractivity contribution is 0.945. The average Bonchev–Trinajstić information content (AvgIpc) is 2.35. The Kier molecular flexibility index (Phi) is 3.21. The average molecular weight is 243 g/mol. The molecule has 0 aliphatic heterocycles. The summed E-state index contributed by atoms with van der Waals surface area (Å²) < 4.78 is 0. The topological polar surface area (TPSA) is 88.5 Å². The first-order valence-electron chi connectivity index (χ1n) is 4.82. The van der Waals surface area contributed by atoms with E-state index in [1.54, 1.807) is 24.7 Å². The Balaban J connectivity index is 2.31. The number of aromatic nitrogens is 3. The van der Waals surface area contributed by atoms with Crippen molar-refractivity contribution in [1.82, 2.24) is 15.0 Å². The number of hydrogen-bond acceptors (Lipinski definition) is 6. The molecule has 6 heteroatoms. The summed E-state index contributed by atoms with van der Waals surface area (Å²) in [7, 11) is 0. The van der Waals surface area contributed by atoms with Crippen molar-refractivity contribution in [3.05, 3.63) is 35.8 Å². The molecular formula is C11H9N5S. The molecule has 0 aromatic carbocycles.